The number of nitrogens with zero attached hydrogens (tertiary/aromatic N) is 5. The molecule has 0 bridgehead atoms. The molecule has 3 heterocycles. The second kappa shape index (κ2) is 10.2. The van der Waals surface area contributed by atoms with Crippen LogP contribution >= 0.6 is 19.4 Å². The van der Waals surface area contributed by atoms with E-state index < -0.39 is 7.82 Å². The average Bonchev–Trinajstić information content (AvgIpc) is 3.09. The van der Waals surface area contributed by atoms with E-state index in [9.17, 15) is 0 Å². The number of rotatable bonds is 4. The Kier molecular flexibility index (Phi) is 7.57. The number of halogens is 1. The molecule has 0 saturated carbocycles. The summed E-state index contributed by atoms with van der Waals surface area (Å²) < 4.78 is 10.9. The minimum absolute atomic E-state index is 0.659. The molecular weight excluding hydrogens is 467 g/mol. The van der Waals surface area contributed by atoms with Crippen molar-refractivity contribution < 1.29 is 19.2 Å². The Labute approximate surface area is 194 Å². The first-order valence-corrected chi connectivity index (χ1v) is 11.6. The lowest BCUT2D eigenvalue weighted by Gasteiger charge is -2.08. The molecule has 10 nitrogen and oxygen atoms in total. The SMILES string of the molecule is CC(=NNc1ccnc2cc(Cl)ccc12)c1ccc(-n2cnc(C)c2C)nc1.O=P(O)(O)O. The van der Waals surface area contributed by atoms with Gasteiger partial charge in [-0.3, -0.25) is 15.0 Å². The van der Waals surface area contributed by atoms with Crippen LogP contribution in [-0.4, -0.2) is 39.9 Å². The fourth-order valence-corrected chi connectivity index (χ4v) is 3.07. The van der Waals surface area contributed by atoms with Gasteiger partial charge < -0.3 is 14.7 Å². The van der Waals surface area contributed by atoms with Gasteiger partial charge in [-0.25, -0.2) is 14.5 Å². The maximum absolute atomic E-state index is 8.88. The molecule has 0 atom stereocenters. The molecule has 0 aliphatic heterocycles. The van der Waals surface area contributed by atoms with Crippen LogP contribution in [0.4, 0.5) is 5.69 Å². The van der Waals surface area contributed by atoms with Gasteiger partial charge in [-0.05, 0) is 57.2 Å². The highest BCUT2D eigenvalue weighted by Gasteiger charge is 2.07. The Hall–Kier alpha value is -3.14. The number of fused-ring (bicyclic) bond motifs is 1. The predicted octanol–water partition coefficient (Wildman–Crippen LogP) is 3.99. The normalized spacial score (nSPS) is 11.8. The lowest BCUT2D eigenvalue weighted by atomic mass is 10.2. The number of pyridine rings is 2. The van der Waals surface area contributed by atoms with Crippen molar-refractivity contribution in [1.29, 1.82) is 0 Å². The van der Waals surface area contributed by atoms with Gasteiger partial charge in [0.1, 0.15) is 12.1 Å². The quantitative estimate of drug-likeness (QED) is 0.191. The van der Waals surface area contributed by atoms with E-state index in [2.05, 4.69) is 25.5 Å². The van der Waals surface area contributed by atoms with Crippen LogP contribution in [0.3, 0.4) is 0 Å². The summed E-state index contributed by atoms with van der Waals surface area (Å²) in [5, 5.41) is 6.13. The monoisotopic (exact) mass is 488 g/mol. The van der Waals surface area contributed by atoms with Crippen LogP contribution in [0.25, 0.3) is 16.7 Å². The van der Waals surface area contributed by atoms with Crippen molar-refractivity contribution >= 4 is 41.7 Å². The van der Waals surface area contributed by atoms with Crippen LogP contribution in [0.15, 0.2) is 60.2 Å². The first-order valence-electron chi connectivity index (χ1n) is 9.63. The minimum Gasteiger partial charge on any atom is -0.303 e. The maximum atomic E-state index is 8.88. The number of anilines is 1. The number of hydrogen-bond donors (Lipinski definition) is 4. The zero-order chi connectivity index (χ0) is 24.2. The summed E-state index contributed by atoms with van der Waals surface area (Å²) in [6.07, 6.45) is 5.34. The van der Waals surface area contributed by atoms with Gasteiger partial charge in [-0.2, -0.15) is 5.10 Å². The molecular formula is C21H22ClN6O4P. The number of aromatic nitrogens is 4. The van der Waals surface area contributed by atoms with Gasteiger partial charge in [0.05, 0.1) is 22.6 Å². The third-order valence-electron chi connectivity index (χ3n) is 4.71. The number of phosphoric acid groups is 1. The van der Waals surface area contributed by atoms with Gasteiger partial charge in [0.15, 0.2) is 0 Å². The van der Waals surface area contributed by atoms with Crippen LogP contribution in [0.5, 0.6) is 0 Å². The van der Waals surface area contributed by atoms with E-state index in [1.165, 1.54) is 0 Å². The van der Waals surface area contributed by atoms with Crippen molar-refractivity contribution in [2.24, 2.45) is 5.10 Å². The van der Waals surface area contributed by atoms with Crippen molar-refractivity contribution in [2.45, 2.75) is 20.8 Å². The standard InChI is InChI=1S/C21H19ClN6.H3O4P/c1-13-15(3)28(12-25-13)21-7-4-16(11-24-21)14(2)26-27-19-8-9-23-20-10-17(22)5-6-18(19)20;1-5(2,3)4/h4-12H,1-3H3,(H,23,27);(H3,1,2,3,4). The fraction of sp³-hybridized carbons (Fsp3) is 0.143. The lowest BCUT2D eigenvalue weighted by molar-refractivity contribution is 0.275. The Morgan fingerprint density at radius 2 is 1.82 bits per heavy atom. The van der Waals surface area contributed by atoms with Crippen LogP contribution in [0, 0.1) is 13.8 Å². The number of benzene rings is 1. The molecule has 0 spiro atoms. The Balaban J connectivity index is 0.000000555. The molecule has 33 heavy (non-hydrogen) atoms. The van der Waals surface area contributed by atoms with E-state index in [1.54, 1.807) is 12.5 Å². The first kappa shape index (κ1) is 24.5. The Morgan fingerprint density at radius 3 is 2.42 bits per heavy atom. The summed E-state index contributed by atoms with van der Waals surface area (Å²) in [6.45, 7) is 5.96. The topological polar surface area (TPSA) is 146 Å². The van der Waals surface area contributed by atoms with Gasteiger partial charge in [0, 0.05) is 34.1 Å². The first-order chi connectivity index (χ1) is 15.5. The van der Waals surface area contributed by atoms with E-state index in [-0.39, 0.29) is 0 Å². The highest BCUT2D eigenvalue weighted by Crippen LogP contribution is 2.26. The smallest absolute Gasteiger partial charge is 0.303 e. The zero-order valence-electron chi connectivity index (χ0n) is 18.0. The van der Waals surface area contributed by atoms with Gasteiger partial charge in [-0.15, -0.1) is 0 Å². The second-order valence-corrected chi connectivity index (χ2v) is 8.50. The van der Waals surface area contributed by atoms with Crippen molar-refractivity contribution in [3.8, 4) is 5.82 Å². The molecule has 12 heteroatoms. The van der Waals surface area contributed by atoms with Crippen molar-refractivity contribution in [1.82, 2.24) is 19.5 Å². The van der Waals surface area contributed by atoms with E-state index in [4.69, 9.17) is 30.8 Å². The van der Waals surface area contributed by atoms with Crippen LogP contribution in [-0.2, 0) is 4.57 Å². The van der Waals surface area contributed by atoms with Crippen molar-refractivity contribution in [3.05, 3.63) is 77.1 Å². The molecule has 172 valence electrons. The summed E-state index contributed by atoms with van der Waals surface area (Å²) in [6, 6.07) is 11.5. The molecule has 0 aliphatic carbocycles. The largest absolute Gasteiger partial charge is 0.466 e. The number of aryl methyl sites for hydroxylation is 1. The lowest BCUT2D eigenvalue weighted by Crippen LogP contribution is -2.03. The maximum Gasteiger partial charge on any atom is 0.466 e. The number of hydrazone groups is 1. The zero-order valence-corrected chi connectivity index (χ0v) is 19.7. The summed E-state index contributed by atoms with van der Waals surface area (Å²) in [7, 11) is -4.64. The fourth-order valence-electron chi connectivity index (χ4n) is 2.90. The van der Waals surface area contributed by atoms with E-state index >= 15 is 0 Å². The predicted molar refractivity (Wildman–Crippen MR) is 128 cm³/mol. The van der Waals surface area contributed by atoms with Gasteiger partial charge in [0.2, 0.25) is 0 Å². The van der Waals surface area contributed by atoms with Gasteiger partial charge in [-0.1, -0.05) is 11.6 Å². The number of hydrogen-bond acceptors (Lipinski definition) is 6. The summed E-state index contributed by atoms with van der Waals surface area (Å²) in [5.41, 5.74) is 8.66. The van der Waals surface area contributed by atoms with Crippen LogP contribution in [0.2, 0.25) is 5.02 Å². The molecule has 0 amide bonds. The van der Waals surface area contributed by atoms with Crippen LogP contribution < -0.4 is 5.43 Å². The van der Waals surface area contributed by atoms with Crippen LogP contribution in [0.1, 0.15) is 23.9 Å². The van der Waals surface area contributed by atoms with E-state index in [0.29, 0.717) is 5.02 Å². The highest BCUT2D eigenvalue weighted by molar-refractivity contribution is 7.45. The molecule has 0 fully saturated rings. The van der Waals surface area contributed by atoms with Crippen molar-refractivity contribution in [3.63, 3.8) is 0 Å². The van der Waals surface area contributed by atoms with E-state index in [0.717, 1.165) is 45.1 Å². The Bertz CT molecular complexity index is 1340. The molecule has 4 rings (SSSR count). The summed E-state index contributed by atoms with van der Waals surface area (Å²) in [4.78, 5) is 34.8. The third kappa shape index (κ3) is 6.67. The molecule has 0 unspecified atom stereocenters. The number of nitrogens with one attached hydrogen (secondary N) is 1. The molecule has 3 aromatic heterocycles. The highest BCUT2D eigenvalue weighted by atomic mass is 35.5. The summed E-state index contributed by atoms with van der Waals surface area (Å²) >= 11 is 6.05. The van der Waals surface area contributed by atoms with Crippen molar-refractivity contribution in [2.75, 3.05) is 5.43 Å². The molecule has 4 aromatic rings. The average molecular weight is 489 g/mol. The molecule has 0 saturated heterocycles. The molecule has 4 N–H and O–H groups in total. The van der Waals surface area contributed by atoms with Gasteiger partial charge in [0.25, 0.3) is 0 Å². The summed E-state index contributed by atoms with van der Waals surface area (Å²) in [5.74, 6) is 0.833. The third-order valence-corrected chi connectivity index (χ3v) is 4.95. The molecule has 1 aromatic carbocycles. The van der Waals surface area contributed by atoms with Gasteiger partial charge >= 0.3 is 7.82 Å². The molecule has 0 aliphatic rings. The molecule has 0 radical (unpaired) electrons. The number of imidazole rings is 1. The minimum atomic E-state index is -4.64. The second-order valence-electron chi connectivity index (χ2n) is 7.03. The Morgan fingerprint density at radius 1 is 1.09 bits per heavy atom. The van der Waals surface area contributed by atoms with E-state index in [1.807, 2.05) is 67.9 Å².